The predicted octanol–water partition coefficient (Wildman–Crippen LogP) is 16.0. The molecular weight excluding hydrogens is 1050 g/mol. The number of nitrogens with zero attached hydrogens (tertiary/aromatic N) is 2. The summed E-state index contributed by atoms with van der Waals surface area (Å²) in [4.78, 5) is 10.5. The molecule has 0 aliphatic rings. The molecule has 0 unspecified atom stereocenters. The quantitative estimate of drug-likeness (QED) is 0.0690. The zero-order chi connectivity index (χ0) is 46.6. The molecule has 0 N–H and O–H groups in total. The molecule has 10 aromatic rings. The van der Waals surface area contributed by atoms with E-state index >= 15 is 0 Å². The fourth-order valence-electron chi connectivity index (χ4n) is 7.91. The van der Waals surface area contributed by atoms with Gasteiger partial charge in [-0.15, -0.1) is 6.07 Å². The second kappa shape index (κ2) is 23.6. The van der Waals surface area contributed by atoms with Crippen molar-refractivity contribution in [2.45, 2.75) is 13.8 Å². The van der Waals surface area contributed by atoms with Crippen molar-refractivity contribution in [2.24, 2.45) is 0 Å². The standard InChI is InChI=1S/C43H31N2O.2C8H11P.HI.Pd/c1-27-11-15-31(16-12-27)35-23-24-36(32-17-13-28(2)14-18-32)43-42(35)44-26-40(45-43)38-22-20-29-7-4-5-9-34(29)41(38)37-10-6-8-30-19-21-33(46-3)25-39(30)37;2*1-9(2)8-6-4-3-5-7-8;;/h4-25H,1-3H3;2*3-7H,1-2H3;1H;/q-1;;;;+2/p-1. The first-order valence-electron chi connectivity index (χ1n) is 21.7. The molecular formula is C59H53IN2OP2Pd. The molecule has 0 fully saturated rings. The summed E-state index contributed by atoms with van der Waals surface area (Å²) in [5.41, 5.74) is 12.4. The van der Waals surface area contributed by atoms with Crippen molar-refractivity contribution in [2.75, 3.05) is 33.8 Å². The number of ether oxygens (including phenoxy) is 1. The van der Waals surface area contributed by atoms with Gasteiger partial charge in [0.1, 0.15) is 5.75 Å². The average molecular weight is 1100 g/mol. The maximum atomic E-state index is 5.65. The molecule has 10 rings (SSSR count). The summed E-state index contributed by atoms with van der Waals surface area (Å²) in [5.74, 6) is 0.824. The fourth-order valence-corrected chi connectivity index (χ4v) is 9.45. The Morgan fingerprint density at radius 2 is 0.955 bits per heavy atom. The maximum absolute atomic E-state index is 5.65. The Labute approximate surface area is 415 Å². The van der Waals surface area contributed by atoms with Crippen LogP contribution in [0.25, 0.3) is 77.2 Å². The summed E-state index contributed by atoms with van der Waals surface area (Å²) in [6, 6.07) is 68.4. The molecule has 0 bridgehead atoms. The third-order valence-corrected chi connectivity index (χ3v) is 14.1. The van der Waals surface area contributed by atoms with Gasteiger partial charge in [-0.1, -0.05) is 220 Å². The second-order valence-corrected chi connectivity index (χ2v) is 20.9. The van der Waals surface area contributed by atoms with Gasteiger partial charge in [-0.05, 0) is 124 Å². The Hall–Kier alpha value is -5.11. The van der Waals surface area contributed by atoms with Crippen LogP contribution in [0.5, 0.6) is 5.75 Å². The Kier molecular flexibility index (Phi) is 17.4. The SMILES string of the molecule is COc1ccc2cccc(-c3c(-c4[c-]nc5c(-c6ccc(C)cc6)ccc(-c6ccc(C)cc6)c5n4)ccc4ccccc34)c2c1.CP(C)c1ccccc1.CP(C)c1ccccc1.[Pd+][I]. The summed E-state index contributed by atoms with van der Waals surface area (Å²) in [6.45, 7) is 13.3. The topological polar surface area (TPSA) is 35.0 Å². The monoisotopic (exact) mass is 1100 g/mol. The van der Waals surface area contributed by atoms with Crippen molar-refractivity contribution >= 4 is 78.5 Å². The van der Waals surface area contributed by atoms with Crippen molar-refractivity contribution in [3.8, 4) is 50.4 Å². The van der Waals surface area contributed by atoms with Gasteiger partial charge in [0.2, 0.25) is 0 Å². The Morgan fingerprint density at radius 3 is 1.50 bits per heavy atom. The third-order valence-electron chi connectivity index (χ3n) is 11.5. The molecule has 0 aliphatic carbocycles. The van der Waals surface area contributed by atoms with Gasteiger partial charge in [0.05, 0.1) is 7.11 Å². The number of benzene rings is 9. The van der Waals surface area contributed by atoms with Gasteiger partial charge >= 0.3 is 35.1 Å². The molecule has 0 radical (unpaired) electrons. The van der Waals surface area contributed by atoms with Gasteiger partial charge in [-0.25, -0.2) is 0 Å². The predicted molar refractivity (Wildman–Crippen MR) is 295 cm³/mol. The first-order valence-corrected chi connectivity index (χ1v) is 30.8. The van der Waals surface area contributed by atoms with Gasteiger partial charge < -0.3 is 9.72 Å². The Balaban J connectivity index is 0.000000268. The second-order valence-electron chi connectivity index (χ2n) is 16.3. The van der Waals surface area contributed by atoms with E-state index < -0.39 is 0 Å². The molecule has 332 valence electrons. The van der Waals surface area contributed by atoms with E-state index in [1.807, 2.05) is 25.6 Å². The van der Waals surface area contributed by atoms with Gasteiger partial charge in [0.25, 0.3) is 0 Å². The van der Waals surface area contributed by atoms with E-state index in [4.69, 9.17) is 14.7 Å². The molecule has 7 heteroatoms. The van der Waals surface area contributed by atoms with Crippen LogP contribution in [0.4, 0.5) is 0 Å². The molecule has 3 nitrogen and oxygen atoms in total. The van der Waals surface area contributed by atoms with Crippen molar-refractivity contribution in [3.05, 3.63) is 211 Å². The summed E-state index contributed by atoms with van der Waals surface area (Å²) in [7, 11) is 1.92. The first kappa shape index (κ1) is 48.8. The van der Waals surface area contributed by atoms with Gasteiger partial charge in [-0.3, -0.25) is 4.98 Å². The zero-order valence-electron chi connectivity index (χ0n) is 38.4. The number of fused-ring (bicyclic) bond motifs is 3. The normalized spacial score (nSPS) is 10.8. The van der Waals surface area contributed by atoms with E-state index in [1.165, 1.54) is 21.7 Å². The number of aromatic nitrogens is 2. The summed E-state index contributed by atoms with van der Waals surface area (Å²) < 4.78 is 5.65. The number of halogens is 1. The van der Waals surface area contributed by atoms with Gasteiger partial charge in [0, 0.05) is 5.52 Å². The first-order chi connectivity index (χ1) is 32.2. The van der Waals surface area contributed by atoms with E-state index in [2.05, 4.69) is 250 Å². The van der Waals surface area contributed by atoms with Crippen molar-refractivity contribution < 1.29 is 20.3 Å². The van der Waals surface area contributed by atoms with Crippen LogP contribution in [0.1, 0.15) is 11.1 Å². The van der Waals surface area contributed by atoms with Crippen molar-refractivity contribution in [1.82, 2.24) is 9.97 Å². The number of hydrogen-bond donors (Lipinski definition) is 0. The van der Waals surface area contributed by atoms with E-state index in [1.54, 1.807) is 7.11 Å². The van der Waals surface area contributed by atoms with Crippen LogP contribution in [0.15, 0.2) is 194 Å². The number of aryl methyl sites for hydroxylation is 2. The molecule has 9 aromatic carbocycles. The zero-order valence-corrected chi connectivity index (χ0v) is 43.9. The van der Waals surface area contributed by atoms with Crippen LogP contribution in [0.3, 0.4) is 0 Å². The molecule has 66 heavy (non-hydrogen) atoms. The minimum absolute atomic E-state index is 0.104. The molecule has 0 amide bonds. The third kappa shape index (κ3) is 11.7. The van der Waals surface area contributed by atoms with E-state index in [0.29, 0.717) is 5.69 Å². The van der Waals surface area contributed by atoms with Crippen molar-refractivity contribution in [3.63, 3.8) is 0 Å². The molecule has 0 saturated heterocycles. The molecule has 1 aromatic heterocycles. The molecule has 1 heterocycles. The number of methoxy groups -OCH3 is 1. The van der Waals surface area contributed by atoms with Crippen LogP contribution >= 0.6 is 35.4 Å². The number of hydrogen-bond acceptors (Lipinski definition) is 3. The molecule has 0 aliphatic heterocycles. The Bertz CT molecular complexity index is 3120. The van der Waals surface area contributed by atoms with Crippen LogP contribution in [-0.2, 0) is 15.6 Å². The molecule has 0 atom stereocenters. The summed E-state index contributed by atoms with van der Waals surface area (Å²) >= 11 is 4.72. The van der Waals surface area contributed by atoms with E-state index in [-0.39, 0.29) is 15.8 Å². The average Bonchev–Trinajstić information content (AvgIpc) is 3.37. The van der Waals surface area contributed by atoms with Crippen molar-refractivity contribution in [1.29, 1.82) is 0 Å². The van der Waals surface area contributed by atoms with Crippen LogP contribution in [-0.4, -0.2) is 43.7 Å². The number of rotatable bonds is 7. The van der Waals surface area contributed by atoms with Gasteiger partial charge in [0.15, 0.2) is 0 Å². The molecule has 0 saturated carbocycles. The Morgan fingerprint density at radius 1 is 0.470 bits per heavy atom. The van der Waals surface area contributed by atoms with Crippen LogP contribution in [0.2, 0.25) is 0 Å². The fraction of sp³-hybridized carbons (Fsp3) is 0.119. The summed E-state index contributed by atoms with van der Waals surface area (Å²) in [5, 5.41) is 7.54. The van der Waals surface area contributed by atoms with Gasteiger partial charge in [-0.2, -0.15) is 0 Å². The summed E-state index contributed by atoms with van der Waals surface area (Å²) in [6.07, 6.45) is 3.40. The van der Waals surface area contributed by atoms with Crippen LogP contribution < -0.4 is 15.3 Å². The molecule has 0 spiro atoms. The minimum atomic E-state index is 0.104. The van der Waals surface area contributed by atoms with Crippen LogP contribution in [0, 0.1) is 20.0 Å². The van der Waals surface area contributed by atoms with E-state index in [0.717, 1.165) is 77.3 Å². The van der Waals surface area contributed by atoms with E-state index in [9.17, 15) is 0 Å².